The molecule has 1 heterocycles. The topological polar surface area (TPSA) is 43.3 Å². The summed E-state index contributed by atoms with van der Waals surface area (Å²) in [4.78, 5) is 3.27. The number of halogens is 3. The smallest absolute Gasteiger partial charge is 0.268 e. The third-order valence-corrected chi connectivity index (χ3v) is 2.40. The van der Waals surface area contributed by atoms with Crippen LogP contribution >= 0.6 is 34.8 Å². The van der Waals surface area contributed by atoms with E-state index < -0.39 is 3.79 Å². The highest BCUT2D eigenvalue weighted by Crippen LogP contribution is 2.38. The average molecular weight is 289 g/mol. The highest BCUT2D eigenvalue weighted by Gasteiger charge is 2.30. The van der Waals surface area contributed by atoms with Crippen molar-refractivity contribution < 1.29 is 4.42 Å². The van der Waals surface area contributed by atoms with Crippen molar-refractivity contribution in [3.05, 3.63) is 41.6 Å². The summed E-state index contributed by atoms with van der Waals surface area (Å²) in [5, 5.41) is 7.39. The van der Waals surface area contributed by atoms with Gasteiger partial charge in [-0.25, -0.2) is 4.85 Å². The zero-order valence-corrected chi connectivity index (χ0v) is 10.5. The second-order valence-corrected chi connectivity index (χ2v) is 5.35. The van der Waals surface area contributed by atoms with Gasteiger partial charge in [0.15, 0.2) is 5.69 Å². The van der Waals surface area contributed by atoms with Crippen LogP contribution in [0.1, 0.15) is 5.89 Å². The van der Waals surface area contributed by atoms with Crippen LogP contribution in [-0.4, -0.2) is 10.2 Å². The van der Waals surface area contributed by atoms with Crippen LogP contribution in [-0.2, 0) is 3.79 Å². The third kappa shape index (κ3) is 2.70. The fraction of sp³-hybridized carbons (Fsp3) is 0.100. The van der Waals surface area contributed by atoms with Gasteiger partial charge in [0, 0.05) is 5.56 Å². The molecule has 0 spiro atoms. The fourth-order valence-corrected chi connectivity index (χ4v) is 1.36. The Morgan fingerprint density at radius 2 is 1.76 bits per heavy atom. The Labute approximate surface area is 112 Å². The molecule has 0 saturated carbocycles. The average Bonchev–Trinajstić information content (AvgIpc) is 2.78. The van der Waals surface area contributed by atoms with Gasteiger partial charge in [0.25, 0.3) is 9.68 Å². The van der Waals surface area contributed by atoms with Crippen LogP contribution in [0.5, 0.6) is 0 Å². The molecule has 0 saturated heterocycles. The highest BCUT2D eigenvalue weighted by atomic mass is 35.6. The quantitative estimate of drug-likeness (QED) is 0.586. The van der Waals surface area contributed by atoms with E-state index in [-0.39, 0.29) is 11.8 Å². The minimum Gasteiger partial charge on any atom is -0.416 e. The number of alkyl halides is 3. The van der Waals surface area contributed by atoms with Gasteiger partial charge in [0.05, 0.1) is 6.57 Å². The minimum absolute atomic E-state index is 0.0910. The number of hydrogen-bond donors (Lipinski definition) is 0. The summed E-state index contributed by atoms with van der Waals surface area (Å²) in [6, 6.07) is 6.65. The van der Waals surface area contributed by atoms with Crippen LogP contribution in [0, 0.1) is 6.57 Å². The van der Waals surface area contributed by atoms with Crippen LogP contribution in [0.25, 0.3) is 16.3 Å². The van der Waals surface area contributed by atoms with E-state index in [0.717, 1.165) is 0 Å². The van der Waals surface area contributed by atoms with Gasteiger partial charge < -0.3 is 4.42 Å². The van der Waals surface area contributed by atoms with Crippen LogP contribution in [0.4, 0.5) is 5.69 Å². The molecule has 0 aliphatic rings. The van der Waals surface area contributed by atoms with E-state index in [4.69, 9.17) is 45.8 Å². The second kappa shape index (κ2) is 4.53. The van der Waals surface area contributed by atoms with Crippen molar-refractivity contribution in [3.8, 4) is 11.5 Å². The van der Waals surface area contributed by atoms with Gasteiger partial charge in [-0.2, -0.15) is 0 Å². The van der Waals surface area contributed by atoms with E-state index in [2.05, 4.69) is 15.0 Å². The van der Waals surface area contributed by atoms with Crippen LogP contribution in [0.15, 0.2) is 28.7 Å². The molecule has 0 amide bonds. The Balaban J connectivity index is 2.34. The van der Waals surface area contributed by atoms with Gasteiger partial charge in [0.1, 0.15) is 0 Å². The summed E-state index contributed by atoms with van der Waals surface area (Å²) in [7, 11) is 0. The molecule has 0 fully saturated rings. The number of rotatable bonds is 1. The Morgan fingerprint density at radius 3 is 2.24 bits per heavy atom. The molecule has 7 heteroatoms. The normalized spacial score (nSPS) is 11.2. The summed E-state index contributed by atoms with van der Waals surface area (Å²) in [5.41, 5.74) is 1.18. The molecule has 4 nitrogen and oxygen atoms in total. The predicted octanol–water partition coefficient (Wildman–Crippen LogP) is 4.11. The van der Waals surface area contributed by atoms with Crippen molar-refractivity contribution in [2.45, 2.75) is 3.79 Å². The maximum Gasteiger partial charge on any atom is 0.268 e. The number of nitrogens with zero attached hydrogens (tertiary/aromatic N) is 3. The molecule has 0 bridgehead atoms. The van der Waals surface area contributed by atoms with Gasteiger partial charge >= 0.3 is 0 Å². The number of aromatic nitrogens is 2. The molecule has 1 aromatic carbocycles. The maximum absolute atomic E-state index is 6.83. The van der Waals surface area contributed by atoms with Crippen molar-refractivity contribution in [1.82, 2.24) is 10.2 Å². The van der Waals surface area contributed by atoms with Gasteiger partial charge in [0.2, 0.25) is 5.89 Å². The fourth-order valence-electron chi connectivity index (χ4n) is 1.13. The lowest BCUT2D eigenvalue weighted by Crippen LogP contribution is -1.99. The molecule has 1 aromatic heterocycles. The second-order valence-electron chi connectivity index (χ2n) is 3.07. The largest absolute Gasteiger partial charge is 0.416 e. The Hall–Kier alpha value is -1.28. The first-order chi connectivity index (χ1) is 8.00. The molecule has 86 valence electrons. The molecular formula is C10H4Cl3N3O. The Bertz CT molecular complexity index is 566. The van der Waals surface area contributed by atoms with Crippen molar-refractivity contribution in [2.24, 2.45) is 0 Å². The van der Waals surface area contributed by atoms with Gasteiger partial charge in [-0.05, 0) is 0 Å². The van der Waals surface area contributed by atoms with E-state index in [1.807, 2.05) is 0 Å². The molecule has 0 unspecified atom stereocenters. The SMILES string of the molecule is [C-]#[N+]c1ccc(-c2nnc(C(Cl)(Cl)Cl)o2)cc1. The first-order valence-corrected chi connectivity index (χ1v) is 5.52. The molecule has 0 N–H and O–H groups in total. The summed E-state index contributed by atoms with van der Waals surface area (Å²) < 4.78 is 3.48. The molecular weight excluding hydrogens is 284 g/mol. The lowest BCUT2D eigenvalue weighted by atomic mass is 10.2. The van der Waals surface area contributed by atoms with E-state index in [9.17, 15) is 0 Å². The molecule has 2 rings (SSSR count). The van der Waals surface area contributed by atoms with Gasteiger partial charge in [-0.1, -0.05) is 59.1 Å². The van der Waals surface area contributed by atoms with Crippen LogP contribution < -0.4 is 0 Å². The Kier molecular flexibility index (Phi) is 3.25. The highest BCUT2D eigenvalue weighted by molar-refractivity contribution is 6.66. The zero-order chi connectivity index (χ0) is 12.5. The van der Waals surface area contributed by atoms with Crippen molar-refractivity contribution >= 4 is 40.5 Å². The maximum atomic E-state index is 6.83. The number of hydrogen-bond acceptors (Lipinski definition) is 3. The minimum atomic E-state index is -1.73. The third-order valence-electron chi connectivity index (χ3n) is 1.91. The van der Waals surface area contributed by atoms with E-state index in [1.54, 1.807) is 24.3 Å². The lowest BCUT2D eigenvalue weighted by molar-refractivity contribution is 0.514. The Morgan fingerprint density at radius 1 is 1.12 bits per heavy atom. The van der Waals surface area contributed by atoms with Gasteiger partial charge in [-0.15, -0.1) is 10.2 Å². The summed E-state index contributed by atoms with van der Waals surface area (Å²) in [5.74, 6) is 0.148. The number of benzene rings is 1. The first kappa shape index (κ1) is 12.2. The lowest BCUT2D eigenvalue weighted by Gasteiger charge is -2.02. The summed E-state index contributed by atoms with van der Waals surface area (Å²) in [6.45, 7) is 6.83. The molecule has 0 atom stereocenters. The first-order valence-electron chi connectivity index (χ1n) is 4.39. The predicted molar refractivity (Wildman–Crippen MR) is 65.2 cm³/mol. The molecule has 0 aliphatic heterocycles. The van der Waals surface area contributed by atoms with E-state index >= 15 is 0 Å². The van der Waals surface area contributed by atoms with E-state index in [1.165, 1.54) is 0 Å². The monoisotopic (exact) mass is 287 g/mol. The van der Waals surface area contributed by atoms with Gasteiger partial charge in [-0.3, -0.25) is 0 Å². The molecule has 0 radical (unpaired) electrons. The zero-order valence-electron chi connectivity index (χ0n) is 8.19. The van der Waals surface area contributed by atoms with Crippen LogP contribution in [0.2, 0.25) is 0 Å². The van der Waals surface area contributed by atoms with Crippen molar-refractivity contribution in [2.75, 3.05) is 0 Å². The van der Waals surface area contributed by atoms with Crippen LogP contribution in [0.3, 0.4) is 0 Å². The summed E-state index contributed by atoms with van der Waals surface area (Å²) in [6.07, 6.45) is 0. The molecule has 2 aromatic rings. The molecule has 0 aliphatic carbocycles. The molecule has 17 heavy (non-hydrogen) atoms. The van der Waals surface area contributed by atoms with E-state index in [0.29, 0.717) is 11.3 Å². The van der Waals surface area contributed by atoms with Crippen molar-refractivity contribution in [3.63, 3.8) is 0 Å². The summed E-state index contributed by atoms with van der Waals surface area (Å²) >= 11 is 16.8. The van der Waals surface area contributed by atoms with Crippen molar-refractivity contribution in [1.29, 1.82) is 0 Å². The standard InChI is InChI=1S/C10H4Cl3N3O/c1-14-7-4-2-6(3-5-7)8-15-16-9(17-8)10(11,12)13/h2-5H.